The fraction of sp³-hybridized carbons (Fsp3) is 0. The Morgan fingerprint density at radius 2 is 1.78 bits per heavy atom. The van der Waals surface area contributed by atoms with Gasteiger partial charge in [0.2, 0.25) is 0 Å². The third kappa shape index (κ3) is 2.51. The van der Waals surface area contributed by atoms with Crippen LogP contribution in [0.5, 0.6) is 0 Å². The van der Waals surface area contributed by atoms with E-state index in [1.807, 2.05) is 0 Å². The minimum atomic E-state index is -0.854. The highest BCUT2D eigenvalue weighted by atomic mass is 35.5. The zero-order valence-electron chi connectivity index (χ0n) is 8.88. The maximum Gasteiger partial charge on any atom is 0.255 e. The lowest BCUT2D eigenvalue weighted by molar-refractivity contribution is 0.107. The standard InChI is InChI=1S/C13H6Cl3FO/c14-7-4-5-11(15)10(6-7)8-2-1-3-9(12(8)17)13(16)18/h1-6H. The molecule has 0 radical (unpaired) electrons. The second-order valence-corrected chi connectivity index (χ2v) is 4.75. The van der Waals surface area contributed by atoms with E-state index < -0.39 is 11.1 Å². The van der Waals surface area contributed by atoms with Crippen molar-refractivity contribution in [1.82, 2.24) is 0 Å². The zero-order chi connectivity index (χ0) is 13.3. The maximum absolute atomic E-state index is 14.1. The summed E-state index contributed by atoms with van der Waals surface area (Å²) in [5, 5.41) is -0.0821. The van der Waals surface area contributed by atoms with Crippen LogP contribution in [0.4, 0.5) is 4.39 Å². The monoisotopic (exact) mass is 302 g/mol. The van der Waals surface area contributed by atoms with Crippen LogP contribution in [0.25, 0.3) is 11.1 Å². The molecule has 5 heteroatoms. The molecule has 0 fully saturated rings. The van der Waals surface area contributed by atoms with Gasteiger partial charge in [-0.1, -0.05) is 35.3 Å². The van der Waals surface area contributed by atoms with Crippen molar-refractivity contribution >= 4 is 40.0 Å². The summed E-state index contributed by atoms with van der Waals surface area (Å²) in [6, 6.07) is 9.05. The minimum absolute atomic E-state index is 0.189. The van der Waals surface area contributed by atoms with Gasteiger partial charge in [0.15, 0.2) is 0 Å². The number of carbonyl (C=O) groups excluding carboxylic acids is 1. The fourth-order valence-corrected chi connectivity index (χ4v) is 2.13. The van der Waals surface area contributed by atoms with Crippen LogP contribution in [-0.2, 0) is 0 Å². The maximum atomic E-state index is 14.1. The molecule has 0 bridgehead atoms. The van der Waals surface area contributed by atoms with Crippen LogP contribution in [0.1, 0.15) is 10.4 Å². The average molecular weight is 304 g/mol. The normalized spacial score (nSPS) is 10.4. The quantitative estimate of drug-likeness (QED) is 0.699. The predicted octanol–water partition coefficient (Wildman–Crippen LogP) is 5.18. The van der Waals surface area contributed by atoms with Crippen LogP contribution >= 0.6 is 34.8 Å². The lowest BCUT2D eigenvalue weighted by atomic mass is 10.0. The highest BCUT2D eigenvalue weighted by molar-refractivity contribution is 6.67. The molecule has 0 spiro atoms. The van der Waals surface area contributed by atoms with Crippen molar-refractivity contribution in [3.05, 3.63) is 57.8 Å². The molecule has 2 aromatic rings. The molecule has 2 aromatic carbocycles. The van der Waals surface area contributed by atoms with Crippen LogP contribution < -0.4 is 0 Å². The SMILES string of the molecule is O=C(Cl)c1cccc(-c2cc(Cl)ccc2Cl)c1F. The van der Waals surface area contributed by atoms with Crippen LogP contribution in [0, 0.1) is 5.82 Å². The van der Waals surface area contributed by atoms with Gasteiger partial charge in [-0.25, -0.2) is 4.39 Å². The Hall–Kier alpha value is -1.09. The first-order valence-electron chi connectivity index (χ1n) is 4.94. The number of halogens is 4. The fourth-order valence-electron chi connectivity index (χ4n) is 1.60. The van der Waals surface area contributed by atoms with Gasteiger partial charge < -0.3 is 0 Å². The molecular formula is C13H6Cl3FO. The Kier molecular flexibility index (Phi) is 3.91. The molecule has 18 heavy (non-hydrogen) atoms. The first-order chi connectivity index (χ1) is 8.50. The van der Waals surface area contributed by atoms with Crippen LogP contribution in [0.15, 0.2) is 36.4 Å². The third-order valence-corrected chi connectivity index (χ3v) is 3.20. The van der Waals surface area contributed by atoms with E-state index in [1.165, 1.54) is 24.3 Å². The number of carbonyl (C=O) groups is 1. The topological polar surface area (TPSA) is 17.1 Å². The lowest BCUT2D eigenvalue weighted by Gasteiger charge is -2.08. The molecule has 2 rings (SSSR count). The van der Waals surface area contributed by atoms with E-state index in [0.29, 0.717) is 15.6 Å². The largest absolute Gasteiger partial charge is 0.275 e. The third-order valence-electron chi connectivity index (χ3n) is 2.43. The molecule has 1 nitrogen and oxygen atoms in total. The number of rotatable bonds is 2. The molecule has 0 aromatic heterocycles. The summed E-state index contributed by atoms with van der Waals surface area (Å²) in [7, 11) is 0. The van der Waals surface area contributed by atoms with Crippen molar-refractivity contribution in [3.8, 4) is 11.1 Å². The van der Waals surface area contributed by atoms with Crippen molar-refractivity contribution in [2.24, 2.45) is 0 Å². The Morgan fingerprint density at radius 3 is 2.44 bits per heavy atom. The van der Waals surface area contributed by atoms with Crippen molar-refractivity contribution in [1.29, 1.82) is 0 Å². The first-order valence-corrected chi connectivity index (χ1v) is 6.08. The summed E-state index contributed by atoms with van der Waals surface area (Å²) in [5.41, 5.74) is 0.417. The molecule has 0 saturated carbocycles. The molecule has 0 amide bonds. The van der Waals surface area contributed by atoms with E-state index in [4.69, 9.17) is 34.8 Å². The van der Waals surface area contributed by atoms with Crippen molar-refractivity contribution in [2.75, 3.05) is 0 Å². The number of hydrogen-bond donors (Lipinski definition) is 0. The van der Waals surface area contributed by atoms with Crippen molar-refractivity contribution < 1.29 is 9.18 Å². The minimum Gasteiger partial charge on any atom is -0.275 e. The van der Waals surface area contributed by atoms with E-state index in [1.54, 1.807) is 12.1 Å². The molecule has 0 aliphatic heterocycles. The van der Waals surface area contributed by atoms with Gasteiger partial charge in [-0.05, 0) is 35.9 Å². The Morgan fingerprint density at radius 1 is 1.06 bits per heavy atom. The summed E-state index contributed by atoms with van der Waals surface area (Å²) in [6.45, 7) is 0. The molecule has 0 aliphatic rings. The molecule has 0 N–H and O–H groups in total. The summed E-state index contributed by atoms with van der Waals surface area (Å²) in [4.78, 5) is 11.1. The van der Waals surface area contributed by atoms with Gasteiger partial charge in [0.05, 0.1) is 5.56 Å². The van der Waals surface area contributed by atoms with E-state index >= 15 is 0 Å². The molecule has 92 valence electrons. The van der Waals surface area contributed by atoms with Gasteiger partial charge in [0.25, 0.3) is 5.24 Å². The van der Waals surface area contributed by atoms with Crippen molar-refractivity contribution in [2.45, 2.75) is 0 Å². The van der Waals surface area contributed by atoms with E-state index in [-0.39, 0.29) is 11.1 Å². The van der Waals surface area contributed by atoms with Gasteiger partial charge in [-0.15, -0.1) is 0 Å². The Balaban J connectivity index is 2.68. The number of benzene rings is 2. The average Bonchev–Trinajstić information content (AvgIpc) is 2.32. The Labute approximate surface area is 118 Å². The second kappa shape index (κ2) is 5.27. The van der Waals surface area contributed by atoms with Gasteiger partial charge >= 0.3 is 0 Å². The van der Waals surface area contributed by atoms with Crippen molar-refractivity contribution in [3.63, 3.8) is 0 Å². The smallest absolute Gasteiger partial charge is 0.255 e. The molecular weight excluding hydrogens is 297 g/mol. The van der Waals surface area contributed by atoms with Crippen LogP contribution in [0.3, 0.4) is 0 Å². The van der Waals surface area contributed by atoms with E-state index in [2.05, 4.69) is 0 Å². The number of hydrogen-bond acceptors (Lipinski definition) is 1. The van der Waals surface area contributed by atoms with E-state index in [9.17, 15) is 9.18 Å². The van der Waals surface area contributed by atoms with E-state index in [0.717, 1.165) is 0 Å². The molecule has 0 atom stereocenters. The molecule has 0 heterocycles. The van der Waals surface area contributed by atoms with Crippen LogP contribution in [0.2, 0.25) is 10.0 Å². The first kappa shape index (κ1) is 13.3. The molecule has 0 aliphatic carbocycles. The molecule has 0 unspecified atom stereocenters. The van der Waals surface area contributed by atoms with Gasteiger partial charge in [-0.3, -0.25) is 4.79 Å². The summed E-state index contributed by atoms with van der Waals surface area (Å²) >= 11 is 17.1. The lowest BCUT2D eigenvalue weighted by Crippen LogP contribution is -1.97. The van der Waals surface area contributed by atoms with Crippen LogP contribution in [-0.4, -0.2) is 5.24 Å². The summed E-state index contributed by atoms with van der Waals surface area (Å²) < 4.78 is 14.1. The second-order valence-electron chi connectivity index (χ2n) is 3.56. The zero-order valence-corrected chi connectivity index (χ0v) is 11.2. The van der Waals surface area contributed by atoms with Gasteiger partial charge in [0.1, 0.15) is 5.82 Å². The Bertz CT molecular complexity index is 626. The molecule has 0 saturated heterocycles. The summed E-state index contributed by atoms with van der Waals surface area (Å²) in [6.07, 6.45) is 0. The highest BCUT2D eigenvalue weighted by Gasteiger charge is 2.16. The highest BCUT2D eigenvalue weighted by Crippen LogP contribution is 2.33. The van der Waals surface area contributed by atoms with Gasteiger partial charge in [0, 0.05) is 21.2 Å². The summed E-state index contributed by atoms with van der Waals surface area (Å²) in [5.74, 6) is -0.707. The predicted molar refractivity (Wildman–Crippen MR) is 72.0 cm³/mol. The van der Waals surface area contributed by atoms with Gasteiger partial charge in [-0.2, -0.15) is 0 Å².